The van der Waals surface area contributed by atoms with E-state index in [0.717, 1.165) is 6.42 Å². The molecule has 0 unspecified atom stereocenters. The maximum Gasteiger partial charge on any atom is 0.230 e. The quantitative estimate of drug-likeness (QED) is 0.802. The summed E-state index contributed by atoms with van der Waals surface area (Å²) in [6.45, 7) is 2.65. The number of nitrogens with zero attached hydrogens (tertiary/aromatic N) is 2. The van der Waals surface area contributed by atoms with E-state index in [9.17, 15) is 9.18 Å². The summed E-state index contributed by atoms with van der Waals surface area (Å²) >= 11 is 1.21. The number of aromatic amines is 1. The third-order valence-electron chi connectivity index (χ3n) is 2.50. The lowest BCUT2D eigenvalue weighted by Gasteiger charge is -2.00. The van der Waals surface area contributed by atoms with Crippen LogP contribution < -0.4 is 5.32 Å². The first-order valence-corrected chi connectivity index (χ1v) is 7.26. The van der Waals surface area contributed by atoms with Crippen LogP contribution in [-0.4, -0.2) is 33.4 Å². The highest BCUT2D eigenvalue weighted by molar-refractivity contribution is 7.99. The van der Waals surface area contributed by atoms with E-state index in [1.54, 1.807) is 18.2 Å². The molecule has 0 aliphatic carbocycles. The van der Waals surface area contributed by atoms with Gasteiger partial charge in [0.25, 0.3) is 0 Å². The van der Waals surface area contributed by atoms with Gasteiger partial charge in [0, 0.05) is 6.54 Å². The van der Waals surface area contributed by atoms with Gasteiger partial charge in [-0.1, -0.05) is 30.8 Å². The van der Waals surface area contributed by atoms with Gasteiger partial charge in [0.15, 0.2) is 5.82 Å². The number of carbonyl (C=O) groups is 1. The van der Waals surface area contributed by atoms with Crippen LogP contribution in [0.15, 0.2) is 29.4 Å². The zero-order chi connectivity index (χ0) is 14.4. The third-order valence-corrected chi connectivity index (χ3v) is 3.35. The van der Waals surface area contributed by atoms with Gasteiger partial charge >= 0.3 is 0 Å². The monoisotopic (exact) mass is 294 g/mol. The van der Waals surface area contributed by atoms with Crippen molar-refractivity contribution in [3.8, 4) is 11.4 Å². The number of hydrogen-bond acceptors (Lipinski definition) is 4. The van der Waals surface area contributed by atoms with Crippen molar-refractivity contribution in [3.63, 3.8) is 0 Å². The molecule has 1 aromatic carbocycles. The van der Waals surface area contributed by atoms with Crippen LogP contribution in [0.1, 0.15) is 13.3 Å². The van der Waals surface area contributed by atoms with Crippen LogP contribution in [-0.2, 0) is 4.79 Å². The normalized spacial score (nSPS) is 10.5. The molecular weight excluding hydrogens is 279 g/mol. The Morgan fingerprint density at radius 3 is 3.00 bits per heavy atom. The molecule has 5 nitrogen and oxygen atoms in total. The minimum atomic E-state index is -0.360. The number of nitrogens with one attached hydrogen (secondary N) is 2. The lowest BCUT2D eigenvalue weighted by Crippen LogP contribution is -2.25. The predicted octanol–water partition coefficient (Wildman–Crippen LogP) is 2.23. The number of halogens is 1. The largest absolute Gasteiger partial charge is 0.355 e. The minimum absolute atomic E-state index is 0.0610. The van der Waals surface area contributed by atoms with Crippen LogP contribution in [0.25, 0.3) is 11.4 Å². The van der Waals surface area contributed by atoms with E-state index in [1.165, 1.54) is 17.8 Å². The Morgan fingerprint density at radius 1 is 1.45 bits per heavy atom. The second-order valence-corrected chi connectivity index (χ2v) is 5.03. The second-order valence-electron chi connectivity index (χ2n) is 4.09. The Morgan fingerprint density at radius 2 is 2.25 bits per heavy atom. The van der Waals surface area contributed by atoms with Crippen molar-refractivity contribution in [2.24, 2.45) is 0 Å². The van der Waals surface area contributed by atoms with Gasteiger partial charge in [-0.25, -0.2) is 9.37 Å². The van der Waals surface area contributed by atoms with E-state index in [-0.39, 0.29) is 17.5 Å². The first-order valence-electron chi connectivity index (χ1n) is 6.27. The van der Waals surface area contributed by atoms with Gasteiger partial charge in [-0.15, -0.1) is 5.10 Å². The standard InChI is InChI=1S/C13H15FN4OS/c1-2-7-15-11(19)8-20-13-16-12(17-18-13)9-5-3-4-6-10(9)14/h3-6H,2,7-8H2,1H3,(H,15,19)(H,16,17,18). The van der Waals surface area contributed by atoms with Crippen molar-refractivity contribution in [2.75, 3.05) is 12.3 Å². The number of aromatic nitrogens is 3. The number of H-pyrrole nitrogens is 1. The highest BCUT2D eigenvalue weighted by atomic mass is 32.2. The smallest absolute Gasteiger partial charge is 0.230 e. The Kier molecular flexibility index (Phi) is 5.11. The summed E-state index contributed by atoms with van der Waals surface area (Å²) < 4.78 is 13.6. The molecule has 2 aromatic rings. The number of benzene rings is 1. The van der Waals surface area contributed by atoms with E-state index in [2.05, 4.69) is 20.5 Å². The zero-order valence-electron chi connectivity index (χ0n) is 11.0. The van der Waals surface area contributed by atoms with Gasteiger partial charge in [0.1, 0.15) is 5.82 Å². The maximum atomic E-state index is 13.6. The topological polar surface area (TPSA) is 70.7 Å². The van der Waals surface area contributed by atoms with E-state index in [1.807, 2.05) is 6.92 Å². The van der Waals surface area contributed by atoms with Crippen molar-refractivity contribution in [2.45, 2.75) is 18.5 Å². The molecule has 2 rings (SSSR count). The van der Waals surface area contributed by atoms with Crippen LogP contribution in [0.2, 0.25) is 0 Å². The van der Waals surface area contributed by atoms with Gasteiger partial charge in [-0.2, -0.15) is 0 Å². The SMILES string of the molecule is CCCNC(=O)CSc1n[nH]c(-c2ccccc2F)n1. The molecule has 0 atom stereocenters. The molecule has 20 heavy (non-hydrogen) atoms. The molecule has 0 bridgehead atoms. The molecule has 1 amide bonds. The van der Waals surface area contributed by atoms with Crippen LogP contribution in [0.4, 0.5) is 4.39 Å². The molecule has 0 saturated heterocycles. The summed E-state index contributed by atoms with van der Waals surface area (Å²) in [5, 5.41) is 9.83. The van der Waals surface area contributed by atoms with Gasteiger partial charge in [0.05, 0.1) is 11.3 Å². The molecule has 106 valence electrons. The summed E-state index contributed by atoms with van der Waals surface area (Å²) in [7, 11) is 0. The molecule has 0 spiro atoms. The van der Waals surface area contributed by atoms with Crippen molar-refractivity contribution >= 4 is 17.7 Å². The van der Waals surface area contributed by atoms with Gasteiger partial charge in [0.2, 0.25) is 11.1 Å². The molecular formula is C13H15FN4OS. The fourth-order valence-corrected chi connectivity index (χ4v) is 2.16. The lowest BCUT2D eigenvalue weighted by atomic mass is 10.2. The molecule has 7 heteroatoms. The first kappa shape index (κ1) is 14.5. The summed E-state index contributed by atoms with van der Waals surface area (Å²) in [4.78, 5) is 15.6. The van der Waals surface area contributed by atoms with Gasteiger partial charge < -0.3 is 5.32 Å². The van der Waals surface area contributed by atoms with Crippen molar-refractivity contribution in [3.05, 3.63) is 30.1 Å². The van der Waals surface area contributed by atoms with Crippen LogP contribution in [0.3, 0.4) is 0 Å². The third kappa shape index (κ3) is 3.80. The summed E-state index contributed by atoms with van der Waals surface area (Å²) in [6, 6.07) is 6.33. The second kappa shape index (κ2) is 7.04. The Balaban J connectivity index is 1.96. The van der Waals surface area contributed by atoms with Crippen LogP contribution in [0, 0.1) is 5.82 Å². The first-order chi connectivity index (χ1) is 9.70. The molecule has 1 heterocycles. The predicted molar refractivity (Wildman–Crippen MR) is 75.8 cm³/mol. The lowest BCUT2D eigenvalue weighted by molar-refractivity contribution is -0.118. The number of rotatable bonds is 6. The minimum Gasteiger partial charge on any atom is -0.355 e. The van der Waals surface area contributed by atoms with Crippen LogP contribution in [0.5, 0.6) is 0 Å². The van der Waals surface area contributed by atoms with E-state index >= 15 is 0 Å². The van der Waals surface area contributed by atoms with Crippen molar-refractivity contribution in [1.82, 2.24) is 20.5 Å². The average molecular weight is 294 g/mol. The summed E-state index contributed by atoms with van der Waals surface area (Å²) in [5.41, 5.74) is 0.363. The highest BCUT2D eigenvalue weighted by Gasteiger charge is 2.11. The molecule has 1 aromatic heterocycles. The number of thioether (sulfide) groups is 1. The average Bonchev–Trinajstić information content (AvgIpc) is 2.92. The molecule has 0 aliphatic rings. The maximum absolute atomic E-state index is 13.6. The number of amides is 1. The van der Waals surface area contributed by atoms with E-state index in [4.69, 9.17) is 0 Å². The molecule has 2 N–H and O–H groups in total. The highest BCUT2D eigenvalue weighted by Crippen LogP contribution is 2.21. The van der Waals surface area contributed by atoms with E-state index in [0.29, 0.717) is 23.1 Å². The fourth-order valence-electron chi connectivity index (χ4n) is 1.53. The van der Waals surface area contributed by atoms with E-state index < -0.39 is 0 Å². The van der Waals surface area contributed by atoms with Crippen LogP contribution >= 0.6 is 11.8 Å². The Bertz CT molecular complexity index is 587. The van der Waals surface area contributed by atoms with Crippen molar-refractivity contribution in [1.29, 1.82) is 0 Å². The summed E-state index contributed by atoms with van der Waals surface area (Å²) in [6.07, 6.45) is 0.897. The number of hydrogen-bond donors (Lipinski definition) is 2. The Labute approximate surface area is 120 Å². The molecule has 0 fully saturated rings. The van der Waals surface area contributed by atoms with Gasteiger partial charge in [-0.05, 0) is 18.6 Å². The Hall–Kier alpha value is -1.89. The fraction of sp³-hybridized carbons (Fsp3) is 0.308. The number of carbonyl (C=O) groups excluding carboxylic acids is 1. The molecule has 0 saturated carbocycles. The zero-order valence-corrected chi connectivity index (χ0v) is 11.8. The van der Waals surface area contributed by atoms with Gasteiger partial charge in [-0.3, -0.25) is 9.89 Å². The molecule has 0 radical (unpaired) electrons. The molecule has 0 aliphatic heterocycles. The van der Waals surface area contributed by atoms with Crippen molar-refractivity contribution < 1.29 is 9.18 Å². The summed E-state index contributed by atoms with van der Waals surface area (Å²) in [5.74, 6) is 0.184.